The van der Waals surface area contributed by atoms with Crippen LogP contribution in [0.4, 0.5) is 0 Å². The Morgan fingerprint density at radius 2 is 2.13 bits per heavy atom. The second-order valence-corrected chi connectivity index (χ2v) is 6.96. The van der Waals surface area contributed by atoms with Crippen LogP contribution in [-0.4, -0.2) is 24.2 Å². The highest BCUT2D eigenvalue weighted by Crippen LogP contribution is 2.39. The van der Waals surface area contributed by atoms with Gasteiger partial charge in [-0.15, -0.1) is 17.9 Å². The molecule has 3 nitrogen and oxygen atoms in total. The maximum atomic E-state index is 12.4. The Labute approximate surface area is 140 Å². The minimum absolute atomic E-state index is 0.0340. The number of amides is 1. The minimum atomic E-state index is -0.0515. The lowest BCUT2D eigenvalue weighted by Crippen LogP contribution is -2.30. The predicted molar refractivity (Wildman–Crippen MR) is 94.9 cm³/mol. The van der Waals surface area contributed by atoms with Gasteiger partial charge in [-0.05, 0) is 42.0 Å². The van der Waals surface area contributed by atoms with E-state index >= 15 is 0 Å². The maximum Gasteiger partial charge on any atom is 0.261 e. The molecule has 1 aromatic carbocycles. The molecule has 1 aromatic heterocycles. The van der Waals surface area contributed by atoms with E-state index in [1.165, 1.54) is 21.6 Å². The molecule has 0 fully saturated rings. The molecule has 2 aromatic rings. The van der Waals surface area contributed by atoms with Crippen molar-refractivity contribution >= 4 is 17.2 Å². The van der Waals surface area contributed by atoms with Crippen molar-refractivity contribution in [3.8, 4) is 10.4 Å². The first-order valence-electron chi connectivity index (χ1n) is 7.94. The zero-order valence-corrected chi connectivity index (χ0v) is 13.9. The third-order valence-electron chi connectivity index (χ3n) is 4.27. The molecule has 0 radical (unpaired) electrons. The fourth-order valence-corrected chi connectivity index (χ4v) is 4.15. The molecule has 4 heteroatoms. The molecule has 1 aliphatic rings. The van der Waals surface area contributed by atoms with Crippen molar-refractivity contribution < 1.29 is 9.90 Å². The number of hydrogen-bond donors (Lipinski definition) is 2. The number of thiophene rings is 1. The van der Waals surface area contributed by atoms with Gasteiger partial charge in [0.1, 0.15) is 0 Å². The monoisotopic (exact) mass is 327 g/mol. The Kier molecular flexibility index (Phi) is 4.94. The number of benzene rings is 1. The van der Waals surface area contributed by atoms with Crippen molar-refractivity contribution in [1.29, 1.82) is 0 Å². The number of nitrogens with one attached hydrogen (secondary N) is 1. The molecule has 1 heterocycles. The molecule has 0 saturated heterocycles. The highest BCUT2D eigenvalue weighted by atomic mass is 32.1. The van der Waals surface area contributed by atoms with E-state index < -0.39 is 0 Å². The first-order valence-corrected chi connectivity index (χ1v) is 8.75. The van der Waals surface area contributed by atoms with E-state index in [1.807, 2.05) is 6.07 Å². The summed E-state index contributed by atoms with van der Waals surface area (Å²) < 4.78 is 0. The number of aliphatic hydroxyl groups is 1. The van der Waals surface area contributed by atoms with Crippen molar-refractivity contribution in [3.63, 3.8) is 0 Å². The molecule has 2 N–H and O–H groups in total. The number of aliphatic hydroxyl groups excluding tert-OH is 1. The standard InChI is InChI=1S/C19H21NO2S/c1-2-5-13(12-21)11-20-19(22)17-10-15-9-8-14-6-3-4-7-16(14)18(15)23-17/h2-4,6-7,10,13,21H,1,5,8-9,11-12H2,(H,20,22)/t13-/m1/s1. The van der Waals surface area contributed by atoms with Crippen molar-refractivity contribution in [1.82, 2.24) is 5.32 Å². The first-order chi connectivity index (χ1) is 11.2. The second-order valence-electron chi connectivity index (χ2n) is 5.91. The van der Waals surface area contributed by atoms with Gasteiger partial charge in [0, 0.05) is 23.9 Å². The number of carbonyl (C=O) groups excluding carboxylic acids is 1. The molecule has 1 aliphatic carbocycles. The van der Waals surface area contributed by atoms with Crippen LogP contribution >= 0.6 is 11.3 Å². The van der Waals surface area contributed by atoms with Crippen LogP contribution in [0.25, 0.3) is 10.4 Å². The highest BCUT2D eigenvalue weighted by Gasteiger charge is 2.21. The molecule has 0 aliphatic heterocycles. The van der Waals surface area contributed by atoms with Crippen LogP contribution in [0.3, 0.4) is 0 Å². The lowest BCUT2D eigenvalue weighted by molar-refractivity contribution is 0.0944. The Morgan fingerprint density at radius 3 is 2.91 bits per heavy atom. The predicted octanol–water partition coefficient (Wildman–Crippen LogP) is 3.43. The number of aryl methyl sites for hydroxylation is 2. The van der Waals surface area contributed by atoms with E-state index in [4.69, 9.17) is 0 Å². The van der Waals surface area contributed by atoms with Crippen LogP contribution < -0.4 is 5.32 Å². The van der Waals surface area contributed by atoms with Crippen LogP contribution in [0.1, 0.15) is 27.2 Å². The smallest absolute Gasteiger partial charge is 0.261 e. The molecule has 23 heavy (non-hydrogen) atoms. The van der Waals surface area contributed by atoms with Gasteiger partial charge in [-0.25, -0.2) is 0 Å². The highest BCUT2D eigenvalue weighted by molar-refractivity contribution is 7.17. The number of carbonyl (C=O) groups is 1. The summed E-state index contributed by atoms with van der Waals surface area (Å²) in [5.74, 6) is -0.0174. The van der Waals surface area contributed by atoms with Gasteiger partial charge in [0.15, 0.2) is 0 Å². The van der Waals surface area contributed by atoms with Gasteiger partial charge >= 0.3 is 0 Å². The zero-order chi connectivity index (χ0) is 16.2. The molecule has 0 saturated carbocycles. The van der Waals surface area contributed by atoms with E-state index in [9.17, 15) is 9.90 Å². The van der Waals surface area contributed by atoms with E-state index in [0.29, 0.717) is 13.0 Å². The third kappa shape index (κ3) is 3.38. The summed E-state index contributed by atoms with van der Waals surface area (Å²) in [4.78, 5) is 14.4. The largest absolute Gasteiger partial charge is 0.396 e. The van der Waals surface area contributed by atoms with Gasteiger partial charge in [0.05, 0.1) is 4.88 Å². The number of fused-ring (bicyclic) bond motifs is 3. The third-order valence-corrected chi connectivity index (χ3v) is 5.48. The van der Waals surface area contributed by atoms with Crippen LogP contribution in [0.5, 0.6) is 0 Å². The lowest BCUT2D eigenvalue weighted by Gasteiger charge is -2.15. The lowest BCUT2D eigenvalue weighted by atomic mass is 9.91. The van der Waals surface area contributed by atoms with Gasteiger partial charge in [-0.1, -0.05) is 30.3 Å². The molecule has 0 spiro atoms. The molecule has 3 rings (SSSR count). The van der Waals surface area contributed by atoms with Crippen molar-refractivity contribution in [2.45, 2.75) is 19.3 Å². The van der Waals surface area contributed by atoms with Crippen molar-refractivity contribution in [2.24, 2.45) is 5.92 Å². The van der Waals surface area contributed by atoms with E-state index in [-0.39, 0.29) is 18.4 Å². The van der Waals surface area contributed by atoms with Crippen LogP contribution in [0.2, 0.25) is 0 Å². The summed E-state index contributed by atoms with van der Waals surface area (Å²) in [6, 6.07) is 10.4. The summed E-state index contributed by atoms with van der Waals surface area (Å²) in [5, 5.41) is 12.2. The van der Waals surface area contributed by atoms with Crippen molar-refractivity contribution in [2.75, 3.05) is 13.2 Å². The SMILES string of the molecule is C=CC[C@@H](CO)CNC(=O)c1cc2c(s1)-c1ccccc1CC2. The molecule has 120 valence electrons. The van der Waals surface area contributed by atoms with Crippen LogP contribution in [0.15, 0.2) is 43.0 Å². The number of rotatable bonds is 6. The summed E-state index contributed by atoms with van der Waals surface area (Å²) in [7, 11) is 0. The summed E-state index contributed by atoms with van der Waals surface area (Å²) in [6.07, 6.45) is 4.50. The molecule has 0 unspecified atom stereocenters. The van der Waals surface area contributed by atoms with Gasteiger partial charge in [0.25, 0.3) is 5.91 Å². The zero-order valence-electron chi connectivity index (χ0n) is 13.0. The fraction of sp³-hybridized carbons (Fsp3) is 0.316. The quantitative estimate of drug-likeness (QED) is 0.799. The molecule has 1 atom stereocenters. The first kappa shape index (κ1) is 16.0. The summed E-state index contributed by atoms with van der Waals surface area (Å²) in [5.41, 5.74) is 3.89. The molecular weight excluding hydrogens is 306 g/mol. The summed E-state index contributed by atoms with van der Waals surface area (Å²) in [6.45, 7) is 4.21. The average Bonchev–Trinajstić information content (AvgIpc) is 3.03. The topological polar surface area (TPSA) is 49.3 Å². The van der Waals surface area contributed by atoms with Gasteiger partial charge in [-0.3, -0.25) is 4.79 Å². The van der Waals surface area contributed by atoms with Crippen LogP contribution in [0, 0.1) is 5.92 Å². The normalized spacial score (nSPS) is 13.8. The molecular formula is C19H21NO2S. The van der Waals surface area contributed by atoms with E-state index in [1.54, 1.807) is 17.4 Å². The Morgan fingerprint density at radius 1 is 1.35 bits per heavy atom. The van der Waals surface area contributed by atoms with Gasteiger partial charge in [0.2, 0.25) is 0 Å². The van der Waals surface area contributed by atoms with Gasteiger partial charge < -0.3 is 10.4 Å². The maximum absolute atomic E-state index is 12.4. The second kappa shape index (κ2) is 7.11. The molecule has 1 amide bonds. The summed E-state index contributed by atoms with van der Waals surface area (Å²) >= 11 is 1.56. The molecule has 0 bridgehead atoms. The average molecular weight is 327 g/mol. The van der Waals surface area contributed by atoms with Crippen molar-refractivity contribution in [3.05, 3.63) is 59.0 Å². The van der Waals surface area contributed by atoms with Crippen LogP contribution in [-0.2, 0) is 12.8 Å². The van der Waals surface area contributed by atoms with E-state index in [2.05, 4.69) is 36.2 Å². The Hall–Kier alpha value is -1.91. The minimum Gasteiger partial charge on any atom is -0.396 e. The number of allylic oxidation sites excluding steroid dienone is 1. The van der Waals surface area contributed by atoms with E-state index in [0.717, 1.165) is 17.7 Å². The Bertz CT molecular complexity index is 720. The Balaban J connectivity index is 1.75. The number of hydrogen-bond acceptors (Lipinski definition) is 3. The fourth-order valence-electron chi connectivity index (χ4n) is 2.97. The van der Waals surface area contributed by atoms with Gasteiger partial charge in [-0.2, -0.15) is 0 Å².